The third-order valence-corrected chi connectivity index (χ3v) is 4.44. The van der Waals surface area contributed by atoms with Gasteiger partial charge in [0.05, 0.1) is 12.1 Å². The molecule has 0 aliphatic heterocycles. The first-order valence-corrected chi connectivity index (χ1v) is 10.00. The molecule has 0 unspecified atom stereocenters. The molecule has 0 radical (unpaired) electrons. The minimum atomic E-state index is -5.56. The molecule has 1 aromatic heterocycles. The van der Waals surface area contributed by atoms with Gasteiger partial charge in [-0.15, -0.1) is 0 Å². The first kappa shape index (κ1) is 30.8. The Hall–Kier alpha value is -1.28. The van der Waals surface area contributed by atoms with Crippen LogP contribution in [0, 0.1) is 11.6 Å². The first-order chi connectivity index (χ1) is 14.8. The van der Waals surface area contributed by atoms with Crippen LogP contribution in [-0.2, 0) is 17.3 Å². The molecule has 0 atom stereocenters. The van der Waals surface area contributed by atoms with Crippen molar-refractivity contribution in [2.45, 2.75) is 12.7 Å². The van der Waals surface area contributed by atoms with Gasteiger partial charge in [0.15, 0.2) is 5.82 Å². The number of nitrogens with one attached hydrogen (secondary N) is 1. The van der Waals surface area contributed by atoms with E-state index in [1.807, 2.05) is 0 Å². The summed E-state index contributed by atoms with van der Waals surface area (Å²) in [4.78, 5) is 33.4. The van der Waals surface area contributed by atoms with E-state index in [1.165, 1.54) is 12.3 Å². The second-order valence-electron chi connectivity index (χ2n) is 6.30. The first-order valence-electron chi connectivity index (χ1n) is 8.54. The van der Waals surface area contributed by atoms with Gasteiger partial charge < -0.3 is 24.2 Å². The van der Waals surface area contributed by atoms with Crippen LogP contribution in [0.25, 0.3) is 0 Å². The fraction of sp³-hybridized carbons (Fsp3) is 0.111. The Bertz CT molecular complexity index is 1200. The van der Waals surface area contributed by atoms with Crippen LogP contribution in [-0.4, -0.2) is 15.7 Å². The van der Waals surface area contributed by atoms with Gasteiger partial charge in [-0.2, -0.15) is 18.3 Å². The number of carbonyl (C=O) groups excluding carboxylic acids is 1. The number of phosphoric ester groups is 1. The largest absolute Gasteiger partial charge is 1.00 e. The van der Waals surface area contributed by atoms with Gasteiger partial charge in [-0.3, -0.25) is 9.48 Å². The fourth-order valence-corrected chi connectivity index (χ4v) is 3.10. The van der Waals surface area contributed by atoms with E-state index in [0.717, 1.165) is 35.0 Å². The molecule has 8 nitrogen and oxygen atoms in total. The SMILES string of the molecule is O=C(Nc1ccn(Cc2ccc(OP(=O)([O-])[O-])cc2C(F)(F)F)n1)c1c(F)cccc1F.[Na+].[Na+]. The van der Waals surface area contributed by atoms with E-state index in [4.69, 9.17) is 0 Å². The van der Waals surface area contributed by atoms with Crippen molar-refractivity contribution in [3.8, 4) is 5.75 Å². The smallest absolute Gasteiger partial charge is 0.780 e. The molecule has 0 spiro atoms. The van der Waals surface area contributed by atoms with E-state index >= 15 is 0 Å². The average molecular weight is 521 g/mol. The molecule has 16 heteroatoms. The predicted molar refractivity (Wildman–Crippen MR) is 95.3 cm³/mol. The summed E-state index contributed by atoms with van der Waals surface area (Å²) in [6, 6.07) is 6.11. The molecule has 0 fully saturated rings. The van der Waals surface area contributed by atoms with Crippen LogP contribution in [0.1, 0.15) is 21.5 Å². The summed E-state index contributed by atoms with van der Waals surface area (Å²) >= 11 is 0. The van der Waals surface area contributed by atoms with E-state index in [9.17, 15) is 41.1 Å². The minimum Gasteiger partial charge on any atom is -0.780 e. The number of phosphoric acid groups is 1. The summed E-state index contributed by atoms with van der Waals surface area (Å²) in [7, 11) is -5.56. The van der Waals surface area contributed by atoms with Gasteiger partial charge in [0.2, 0.25) is 0 Å². The van der Waals surface area contributed by atoms with Crippen LogP contribution in [0.3, 0.4) is 0 Å². The number of benzene rings is 2. The van der Waals surface area contributed by atoms with Gasteiger partial charge in [-0.05, 0) is 29.8 Å². The van der Waals surface area contributed by atoms with Crippen molar-refractivity contribution >= 4 is 19.5 Å². The molecule has 0 aliphatic carbocycles. The van der Waals surface area contributed by atoms with Crippen molar-refractivity contribution in [2.24, 2.45) is 0 Å². The molecule has 3 rings (SSSR count). The standard InChI is InChI=1S/C18H13F5N3O5P.2Na/c19-13-2-1-3-14(20)16(13)17(27)24-15-6-7-26(25-15)9-10-4-5-11(31-32(28,29)30)8-12(10)18(21,22)23;;/h1-8H,9H2,(H,24,25,27)(H2,28,29,30);;/q;2*+1/p-2. The van der Waals surface area contributed by atoms with Gasteiger partial charge in [0.25, 0.3) is 5.91 Å². The molecule has 3 aromatic rings. The summed E-state index contributed by atoms with van der Waals surface area (Å²) in [5.74, 6) is -4.37. The second-order valence-corrected chi connectivity index (χ2v) is 7.38. The third-order valence-electron chi connectivity index (χ3n) is 4.01. The van der Waals surface area contributed by atoms with Gasteiger partial charge in [0.1, 0.15) is 30.8 Å². The topological polar surface area (TPSA) is 119 Å². The maximum atomic E-state index is 13.7. The third kappa shape index (κ3) is 8.14. The molecule has 34 heavy (non-hydrogen) atoms. The van der Waals surface area contributed by atoms with Crippen molar-refractivity contribution in [2.75, 3.05) is 5.32 Å². The molecule has 0 bridgehead atoms. The Morgan fingerprint density at radius 3 is 2.26 bits per heavy atom. The van der Waals surface area contributed by atoms with E-state index in [1.54, 1.807) is 0 Å². The molecular formula is C18H11F5N3Na2O5P. The number of amides is 1. The Labute approximate surface area is 233 Å². The van der Waals surface area contributed by atoms with Gasteiger partial charge in [0, 0.05) is 12.3 Å². The zero-order valence-electron chi connectivity index (χ0n) is 17.6. The van der Waals surface area contributed by atoms with Crippen molar-refractivity contribution < 1.29 is 105 Å². The Morgan fingerprint density at radius 1 is 1.09 bits per heavy atom. The number of alkyl halides is 3. The number of rotatable bonds is 6. The molecule has 0 saturated carbocycles. The maximum absolute atomic E-state index is 13.7. The molecule has 1 amide bonds. The average Bonchev–Trinajstić information content (AvgIpc) is 3.07. The number of nitrogens with zero attached hydrogens (tertiary/aromatic N) is 2. The number of aromatic nitrogens is 2. The predicted octanol–water partition coefficient (Wildman–Crippen LogP) is -3.30. The van der Waals surface area contributed by atoms with Crippen molar-refractivity contribution in [1.29, 1.82) is 0 Å². The number of carbonyl (C=O) groups is 1. The van der Waals surface area contributed by atoms with Crippen LogP contribution in [0.15, 0.2) is 48.7 Å². The number of anilines is 1. The van der Waals surface area contributed by atoms with Gasteiger partial charge in [-0.1, -0.05) is 12.1 Å². The minimum absolute atomic E-state index is 0. The summed E-state index contributed by atoms with van der Waals surface area (Å²) in [5, 5.41) is 5.96. The van der Waals surface area contributed by atoms with Crippen molar-refractivity contribution in [1.82, 2.24) is 9.78 Å². The molecule has 2 aromatic carbocycles. The monoisotopic (exact) mass is 521 g/mol. The molecule has 1 N–H and O–H groups in total. The van der Waals surface area contributed by atoms with Crippen LogP contribution in [0.2, 0.25) is 0 Å². The van der Waals surface area contributed by atoms with Crippen molar-refractivity contribution in [3.05, 3.63) is 77.0 Å². The molecule has 1 heterocycles. The zero-order chi connectivity index (χ0) is 23.7. The van der Waals surface area contributed by atoms with E-state index in [0.29, 0.717) is 6.07 Å². The quantitative estimate of drug-likeness (QED) is 0.206. The molecular weight excluding hydrogens is 510 g/mol. The normalized spacial score (nSPS) is 11.3. The number of halogens is 5. The fourth-order valence-electron chi connectivity index (χ4n) is 2.73. The molecule has 170 valence electrons. The summed E-state index contributed by atoms with van der Waals surface area (Å²) in [6.07, 6.45) is -3.72. The van der Waals surface area contributed by atoms with Crippen LogP contribution < -0.4 is 78.7 Å². The Balaban J connectivity index is 0.00000289. The summed E-state index contributed by atoms with van der Waals surface area (Å²) < 4.78 is 83.1. The van der Waals surface area contributed by atoms with Crippen molar-refractivity contribution in [3.63, 3.8) is 0 Å². The van der Waals surface area contributed by atoms with Crippen LogP contribution >= 0.6 is 7.82 Å². The van der Waals surface area contributed by atoms with E-state index in [2.05, 4.69) is 14.9 Å². The Kier molecular flexibility index (Phi) is 11.0. The Morgan fingerprint density at radius 2 is 1.71 bits per heavy atom. The number of hydrogen-bond donors (Lipinski definition) is 1. The second kappa shape index (κ2) is 12.1. The molecule has 0 saturated heterocycles. The zero-order valence-corrected chi connectivity index (χ0v) is 22.5. The summed E-state index contributed by atoms with van der Waals surface area (Å²) in [6.45, 7) is -0.481. The van der Waals surface area contributed by atoms with Gasteiger partial charge in [-0.25, -0.2) is 8.78 Å². The summed E-state index contributed by atoms with van der Waals surface area (Å²) in [5.41, 5.74) is -2.50. The number of hydrogen-bond acceptors (Lipinski definition) is 6. The van der Waals surface area contributed by atoms with E-state index < -0.39 is 55.0 Å². The van der Waals surface area contributed by atoms with E-state index in [-0.39, 0.29) is 70.5 Å². The maximum Gasteiger partial charge on any atom is 1.00 e. The molecule has 0 aliphatic rings. The van der Waals surface area contributed by atoms with Gasteiger partial charge >= 0.3 is 65.3 Å². The van der Waals surface area contributed by atoms with Crippen LogP contribution in [0.4, 0.5) is 27.8 Å². The van der Waals surface area contributed by atoms with Crippen LogP contribution in [0.5, 0.6) is 5.75 Å².